The number of allylic oxidation sites excluding steroid dienone is 1. The number of fused-ring (bicyclic) bond motifs is 6. The van der Waals surface area contributed by atoms with Crippen LogP contribution in [0.5, 0.6) is 5.75 Å². The van der Waals surface area contributed by atoms with Crippen molar-refractivity contribution >= 4 is 52.7 Å². The summed E-state index contributed by atoms with van der Waals surface area (Å²) in [6.45, 7) is 2.81. The summed E-state index contributed by atoms with van der Waals surface area (Å²) in [7, 11) is 1.66. The van der Waals surface area contributed by atoms with Crippen LogP contribution >= 0.6 is 11.6 Å². The maximum atomic E-state index is 13.3. The Balaban J connectivity index is 1.17. The molecule has 0 aliphatic carbocycles. The number of hydrogen-bond donors (Lipinski definition) is 3. The predicted octanol–water partition coefficient (Wildman–Crippen LogP) is 5.53. The number of aryl methyl sites for hydroxylation is 1. The molecule has 6 rings (SSSR count). The molecule has 3 N–H and O–H groups in total. The number of piperazine rings is 1. The molecule has 0 spiro atoms. The minimum Gasteiger partial charge on any atom is -0.497 e. The molecule has 0 saturated carbocycles. The summed E-state index contributed by atoms with van der Waals surface area (Å²) in [5.41, 5.74) is 4.76. The Morgan fingerprint density at radius 3 is 2.73 bits per heavy atom. The number of amides is 2. The lowest BCUT2D eigenvalue weighted by Gasteiger charge is -2.36. The third-order valence-electron chi connectivity index (χ3n) is 7.42. The number of urea groups is 1. The van der Waals surface area contributed by atoms with Crippen molar-refractivity contribution in [2.24, 2.45) is 10.9 Å². The molecule has 1 saturated heterocycles. The van der Waals surface area contributed by atoms with Crippen LogP contribution in [0, 0.1) is 5.92 Å². The molecule has 206 valence electrons. The first-order valence-corrected chi connectivity index (χ1v) is 13.8. The predicted molar refractivity (Wildman–Crippen MR) is 159 cm³/mol. The molecule has 0 radical (unpaired) electrons. The van der Waals surface area contributed by atoms with Crippen LogP contribution < -0.4 is 25.6 Å². The second-order valence-corrected chi connectivity index (χ2v) is 10.5. The van der Waals surface area contributed by atoms with Crippen LogP contribution in [-0.4, -0.2) is 60.4 Å². The van der Waals surface area contributed by atoms with Crippen molar-refractivity contribution in [2.45, 2.75) is 19.3 Å². The highest BCUT2D eigenvalue weighted by Gasteiger charge is 2.23. The van der Waals surface area contributed by atoms with Crippen LogP contribution in [0.1, 0.15) is 18.4 Å². The highest BCUT2D eigenvalue weighted by Crippen LogP contribution is 2.31. The Morgan fingerprint density at radius 1 is 1.10 bits per heavy atom. The minimum atomic E-state index is -0.0913. The van der Waals surface area contributed by atoms with Gasteiger partial charge in [-0.15, -0.1) is 0 Å². The normalized spacial score (nSPS) is 18.2. The van der Waals surface area contributed by atoms with Crippen molar-refractivity contribution in [3.05, 3.63) is 71.1 Å². The molecular formula is C29H31ClN8O2. The number of aromatic nitrogens is 2. The van der Waals surface area contributed by atoms with Gasteiger partial charge >= 0.3 is 6.03 Å². The van der Waals surface area contributed by atoms with Crippen molar-refractivity contribution in [1.82, 2.24) is 14.9 Å². The zero-order valence-electron chi connectivity index (χ0n) is 22.2. The Kier molecular flexibility index (Phi) is 7.41. The zero-order chi connectivity index (χ0) is 27.5. The number of nitrogens with one attached hydrogen (secondary N) is 3. The van der Waals surface area contributed by atoms with Crippen molar-refractivity contribution in [1.29, 1.82) is 0 Å². The number of benzene rings is 2. The van der Waals surface area contributed by atoms with E-state index in [2.05, 4.69) is 54.0 Å². The van der Waals surface area contributed by atoms with E-state index in [9.17, 15) is 4.79 Å². The van der Waals surface area contributed by atoms with E-state index >= 15 is 0 Å². The third kappa shape index (κ3) is 5.81. The summed E-state index contributed by atoms with van der Waals surface area (Å²) < 4.78 is 5.27. The van der Waals surface area contributed by atoms with Crippen LogP contribution in [0.15, 0.2) is 65.6 Å². The van der Waals surface area contributed by atoms with Gasteiger partial charge in [0.05, 0.1) is 13.3 Å². The first kappa shape index (κ1) is 25.9. The standard InChI is InChI=1S/C29H31ClN8O2/c1-40-24-7-5-23(6-8-24)37-10-12-38(13-11-37)29(39)35-26-9-4-21-15-20(26)3-2-19-14-22(17-31-16-19)34-28-32-18-25(30)27(33-21)36-28/h4-9,15-19H,2-3,10-14H2,1H3,(H,35,39)(H2,32,33,34,36). The molecule has 6 bridgehead atoms. The summed E-state index contributed by atoms with van der Waals surface area (Å²) in [6, 6.07) is 13.9. The van der Waals surface area contributed by atoms with Crippen molar-refractivity contribution in [3.8, 4) is 5.75 Å². The van der Waals surface area contributed by atoms with E-state index in [1.54, 1.807) is 19.5 Å². The summed E-state index contributed by atoms with van der Waals surface area (Å²) in [4.78, 5) is 30.8. The fraction of sp³-hybridized carbons (Fsp3) is 0.310. The third-order valence-corrected chi connectivity index (χ3v) is 7.70. The number of aliphatic imine (C=N–C) groups is 1. The topological polar surface area (TPSA) is 107 Å². The number of halogens is 1. The molecule has 1 unspecified atom stereocenters. The molecule has 2 amide bonds. The summed E-state index contributed by atoms with van der Waals surface area (Å²) >= 11 is 6.39. The fourth-order valence-electron chi connectivity index (χ4n) is 5.19. The van der Waals surface area contributed by atoms with E-state index in [-0.39, 0.29) is 11.9 Å². The van der Waals surface area contributed by atoms with Crippen molar-refractivity contribution in [2.75, 3.05) is 54.1 Å². The average molecular weight is 559 g/mol. The van der Waals surface area contributed by atoms with Gasteiger partial charge in [-0.25, -0.2) is 9.78 Å². The molecule has 10 nitrogen and oxygen atoms in total. The van der Waals surface area contributed by atoms with Gasteiger partial charge < -0.3 is 30.5 Å². The zero-order valence-corrected chi connectivity index (χ0v) is 23.0. The van der Waals surface area contributed by atoms with Gasteiger partial charge in [0.1, 0.15) is 10.8 Å². The van der Waals surface area contributed by atoms with Crippen LogP contribution in [0.25, 0.3) is 0 Å². The second kappa shape index (κ2) is 11.4. The Bertz CT molecular complexity index is 1450. The van der Waals surface area contributed by atoms with E-state index in [4.69, 9.17) is 16.3 Å². The van der Waals surface area contributed by atoms with E-state index in [1.807, 2.05) is 35.4 Å². The fourth-order valence-corrected chi connectivity index (χ4v) is 5.33. The van der Waals surface area contributed by atoms with E-state index in [0.29, 0.717) is 29.9 Å². The lowest BCUT2D eigenvalue weighted by atomic mass is 9.94. The van der Waals surface area contributed by atoms with Gasteiger partial charge in [0.2, 0.25) is 5.95 Å². The summed E-state index contributed by atoms with van der Waals surface area (Å²) in [5, 5.41) is 10.2. The molecule has 3 aliphatic heterocycles. The molecule has 1 aromatic heterocycles. The number of hydrogen-bond acceptors (Lipinski definition) is 8. The minimum absolute atomic E-state index is 0.0913. The van der Waals surface area contributed by atoms with Crippen molar-refractivity contribution < 1.29 is 9.53 Å². The van der Waals surface area contributed by atoms with Gasteiger partial charge in [-0.1, -0.05) is 11.6 Å². The van der Waals surface area contributed by atoms with E-state index in [1.165, 1.54) is 0 Å². The highest BCUT2D eigenvalue weighted by molar-refractivity contribution is 6.32. The number of ether oxygens (including phenoxy) is 1. The Hall–Kier alpha value is -4.31. The maximum Gasteiger partial charge on any atom is 0.321 e. The van der Waals surface area contributed by atoms with Crippen LogP contribution in [0.2, 0.25) is 5.02 Å². The molecule has 2 aromatic carbocycles. The molecule has 1 atom stereocenters. The number of anilines is 5. The van der Waals surface area contributed by atoms with E-state index in [0.717, 1.165) is 66.4 Å². The Morgan fingerprint density at radius 2 is 1.93 bits per heavy atom. The summed E-state index contributed by atoms with van der Waals surface area (Å²) in [5.74, 6) is 2.06. The van der Waals surface area contributed by atoms with Gasteiger partial charge in [0, 0.05) is 67.3 Å². The number of carbonyl (C=O) groups is 1. The van der Waals surface area contributed by atoms with Gasteiger partial charge in [-0.3, -0.25) is 4.99 Å². The average Bonchev–Trinajstić information content (AvgIpc) is 2.99. The lowest BCUT2D eigenvalue weighted by Crippen LogP contribution is -2.50. The molecule has 40 heavy (non-hydrogen) atoms. The van der Waals surface area contributed by atoms with Crippen LogP contribution in [0.4, 0.5) is 33.6 Å². The highest BCUT2D eigenvalue weighted by atomic mass is 35.5. The van der Waals surface area contributed by atoms with Gasteiger partial charge in [0.25, 0.3) is 0 Å². The molecule has 1 fully saturated rings. The number of carbonyl (C=O) groups excluding carboxylic acids is 1. The van der Waals surface area contributed by atoms with Crippen molar-refractivity contribution in [3.63, 3.8) is 0 Å². The summed E-state index contributed by atoms with van der Waals surface area (Å²) in [6.07, 6.45) is 7.83. The van der Waals surface area contributed by atoms with Crippen LogP contribution in [-0.2, 0) is 6.42 Å². The molecule has 3 aromatic rings. The molecular weight excluding hydrogens is 528 g/mol. The first-order valence-electron chi connectivity index (χ1n) is 13.4. The smallest absolute Gasteiger partial charge is 0.321 e. The van der Waals surface area contributed by atoms with Crippen LogP contribution in [0.3, 0.4) is 0 Å². The Labute approximate surface area is 238 Å². The van der Waals surface area contributed by atoms with E-state index < -0.39 is 0 Å². The molecule has 4 heterocycles. The SMILES string of the molecule is COc1ccc(N2CCN(C(=O)Nc3ccc4cc3CCC3C=NC=C(C3)Nc3ncc(Cl)c(n3)N4)CC2)cc1. The van der Waals surface area contributed by atoms with Gasteiger partial charge in [-0.2, -0.15) is 4.98 Å². The molecule has 3 aliphatic rings. The molecule has 11 heteroatoms. The second-order valence-electron chi connectivity index (χ2n) is 10.1. The number of methoxy groups -OCH3 is 1. The number of rotatable bonds is 3. The number of nitrogens with zero attached hydrogens (tertiary/aromatic N) is 5. The largest absolute Gasteiger partial charge is 0.497 e. The van der Waals surface area contributed by atoms with Gasteiger partial charge in [-0.05, 0) is 67.3 Å². The van der Waals surface area contributed by atoms with Gasteiger partial charge in [0.15, 0.2) is 5.82 Å². The monoisotopic (exact) mass is 558 g/mol. The lowest BCUT2D eigenvalue weighted by molar-refractivity contribution is 0.208. The maximum absolute atomic E-state index is 13.3. The first-order chi connectivity index (χ1) is 19.5. The quantitative estimate of drug-likeness (QED) is 0.388.